The first-order valence-corrected chi connectivity index (χ1v) is 9.05. The van der Waals surface area contributed by atoms with Gasteiger partial charge in [0.2, 0.25) is 0 Å². The maximum atomic E-state index is 12.8. The van der Waals surface area contributed by atoms with Crippen LogP contribution in [0.3, 0.4) is 0 Å². The van der Waals surface area contributed by atoms with Crippen LogP contribution in [0.15, 0.2) is 72.8 Å². The van der Waals surface area contributed by atoms with Gasteiger partial charge in [0.25, 0.3) is 0 Å². The molecule has 1 nitrogen and oxygen atoms in total. The summed E-state index contributed by atoms with van der Waals surface area (Å²) in [5.41, 5.74) is 4.87. The minimum atomic E-state index is -4.31. The largest absolute Gasteiger partial charge is 0.416 e. The highest BCUT2D eigenvalue weighted by Gasteiger charge is 2.30. The van der Waals surface area contributed by atoms with E-state index in [1.54, 1.807) is 12.1 Å². The first-order chi connectivity index (χ1) is 12.9. The van der Waals surface area contributed by atoms with E-state index in [2.05, 4.69) is 36.1 Å². The van der Waals surface area contributed by atoms with Crippen molar-refractivity contribution in [2.45, 2.75) is 25.6 Å². The highest BCUT2D eigenvalue weighted by molar-refractivity contribution is 5.66. The third-order valence-electron chi connectivity index (χ3n) is 5.32. The van der Waals surface area contributed by atoms with Crippen LogP contribution in [-0.4, -0.2) is 6.54 Å². The van der Waals surface area contributed by atoms with Crippen LogP contribution >= 0.6 is 0 Å². The van der Waals surface area contributed by atoms with Crippen molar-refractivity contribution in [3.8, 4) is 11.1 Å². The Hall–Kier alpha value is -2.75. The number of hydrogen-bond acceptors (Lipinski definition) is 1. The van der Waals surface area contributed by atoms with Crippen molar-refractivity contribution in [2.24, 2.45) is 0 Å². The van der Waals surface area contributed by atoms with Gasteiger partial charge in [-0.1, -0.05) is 42.5 Å². The lowest BCUT2D eigenvalue weighted by Crippen LogP contribution is -2.33. The molecule has 1 heterocycles. The van der Waals surface area contributed by atoms with Crippen LogP contribution in [-0.2, 0) is 12.6 Å². The summed E-state index contributed by atoms with van der Waals surface area (Å²) in [5.74, 6) is 0. The zero-order chi connectivity index (χ0) is 19.0. The molecule has 3 aromatic rings. The van der Waals surface area contributed by atoms with E-state index in [0.717, 1.165) is 36.2 Å². The molecule has 0 saturated heterocycles. The Labute approximate surface area is 157 Å². The lowest BCUT2D eigenvalue weighted by Gasteiger charge is -2.37. The highest BCUT2D eigenvalue weighted by Crippen LogP contribution is 2.36. The fraction of sp³-hybridized carbons (Fsp3) is 0.217. The molecule has 1 aliphatic heterocycles. The van der Waals surface area contributed by atoms with E-state index < -0.39 is 11.7 Å². The van der Waals surface area contributed by atoms with Gasteiger partial charge in [-0.15, -0.1) is 0 Å². The molecule has 0 saturated carbocycles. The molecule has 1 atom stereocenters. The van der Waals surface area contributed by atoms with E-state index in [1.807, 2.05) is 24.3 Å². The van der Waals surface area contributed by atoms with Gasteiger partial charge in [0.15, 0.2) is 0 Å². The number of benzene rings is 3. The molecule has 4 heteroatoms. The average molecular weight is 367 g/mol. The Bertz CT molecular complexity index is 930. The van der Waals surface area contributed by atoms with Crippen molar-refractivity contribution in [1.82, 2.24) is 0 Å². The van der Waals surface area contributed by atoms with Crippen LogP contribution in [0.25, 0.3) is 11.1 Å². The fourth-order valence-electron chi connectivity index (χ4n) is 3.82. The number of nitrogens with zero attached hydrogens (tertiary/aromatic N) is 1. The predicted octanol–water partition coefficient (Wildman–Crippen LogP) is 6.50. The monoisotopic (exact) mass is 367 g/mol. The minimum Gasteiger partial charge on any atom is -0.364 e. The summed E-state index contributed by atoms with van der Waals surface area (Å²) in [7, 11) is 0. The molecule has 0 aromatic heterocycles. The van der Waals surface area contributed by atoms with Gasteiger partial charge in [0.05, 0.1) is 11.6 Å². The summed E-state index contributed by atoms with van der Waals surface area (Å²) in [6.45, 7) is 3.14. The van der Waals surface area contributed by atoms with Gasteiger partial charge in [-0.2, -0.15) is 13.2 Å². The minimum absolute atomic E-state index is 0.213. The first-order valence-electron chi connectivity index (χ1n) is 9.05. The summed E-state index contributed by atoms with van der Waals surface area (Å²) in [5, 5.41) is 0. The van der Waals surface area contributed by atoms with Gasteiger partial charge < -0.3 is 4.90 Å². The quantitative estimate of drug-likeness (QED) is 0.500. The predicted molar refractivity (Wildman–Crippen MR) is 103 cm³/mol. The molecule has 1 aliphatic rings. The zero-order valence-electron chi connectivity index (χ0n) is 15.0. The van der Waals surface area contributed by atoms with Crippen LogP contribution in [0.1, 0.15) is 29.7 Å². The average Bonchev–Trinajstić information content (AvgIpc) is 2.68. The van der Waals surface area contributed by atoms with E-state index in [1.165, 1.54) is 16.8 Å². The molecular weight excluding hydrogens is 347 g/mol. The first kappa shape index (κ1) is 17.7. The summed E-state index contributed by atoms with van der Waals surface area (Å²) in [6.07, 6.45) is -3.35. The van der Waals surface area contributed by atoms with Gasteiger partial charge in [-0.3, -0.25) is 0 Å². The second-order valence-electron chi connectivity index (χ2n) is 6.94. The number of halogens is 3. The number of hydrogen-bond donors (Lipinski definition) is 0. The van der Waals surface area contributed by atoms with Crippen molar-refractivity contribution in [3.63, 3.8) is 0 Å². The number of rotatable bonds is 2. The molecule has 0 radical (unpaired) electrons. The van der Waals surface area contributed by atoms with Gasteiger partial charge in [0.1, 0.15) is 0 Å². The van der Waals surface area contributed by atoms with Gasteiger partial charge >= 0.3 is 6.18 Å². The van der Waals surface area contributed by atoms with Crippen LogP contribution in [0.2, 0.25) is 0 Å². The second kappa shape index (κ2) is 6.76. The van der Waals surface area contributed by atoms with Crippen molar-refractivity contribution in [1.29, 1.82) is 0 Å². The number of anilines is 1. The number of alkyl halides is 3. The molecule has 0 bridgehead atoms. The van der Waals surface area contributed by atoms with Crippen molar-refractivity contribution in [2.75, 3.05) is 11.4 Å². The molecule has 0 N–H and O–H groups in total. The Kier molecular flexibility index (Phi) is 4.42. The lowest BCUT2D eigenvalue weighted by atomic mass is 9.89. The maximum absolute atomic E-state index is 12.8. The topological polar surface area (TPSA) is 3.24 Å². The van der Waals surface area contributed by atoms with Crippen molar-refractivity contribution >= 4 is 5.69 Å². The lowest BCUT2D eigenvalue weighted by molar-refractivity contribution is -0.137. The van der Waals surface area contributed by atoms with Gasteiger partial charge in [-0.05, 0) is 65.9 Å². The Morgan fingerprint density at radius 1 is 0.852 bits per heavy atom. The molecule has 0 spiro atoms. The summed E-state index contributed by atoms with van der Waals surface area (Å²) in [6, 6.07) is 22.2. The normalized spacial score (nSPS) is 16.9. The summed E-state index contributed by atoms with van der Waals surface area (Å²) < 4.78 is 38.4. The second-order valence-corrected chi connectivity index (χ2v) is 6.94. The van der Waals surface area contributed by atoms with Gasteiger partial charge in [-0.25, -0.2) is 0 Å². The SMILES string of the molecule is CC1c2cc(-c3ccc(C(F)(F)F)cc3)ccc2CCN1c1ccccc1. The number of fused-ring (bicyclic) bond motifs is 1. The molecule has 3 aromatic carbocycles. The number of para-hydroxylation sites is 1. The van der Waals surface area contributed by atoms with E-state index in [4.69, 9.17) is 0 Å². The van der Waals surface area contributed by atoms with Crippen LogP contribution in [0.4, 0.5) is 18.9 Å². The van der Waals surface area contributed by atoms with Crippen molar-refractivity contribution in [3.05, 3.63) is 89.5 Å². The van der Waals surface area contributed by atoms with Crippen molar-refractivity contribution < 1.29 is 13.2 Å². The molecule has 27 heavy (non-hydrogen) atoms. The molecule has 138 valence electrons. The summed E-state index contributed by atoms with van der Waals surface area (Å²) >= 11 is 0. The fourth-order valence-corrected chi connectivity index (χ4v) is 3.82. The molecular formula is C23H20F3N. The van der Waals surface area contributed by atoms with E-state index in [-0.39, 0.29) is 6.04 Å². The molecule has 0 aliphatic carbocycles. The van der Waals surface area contributed by atoms with Gasteiger partial charge in [0, 0.05) is 12.2 Å². The maximum Gasteiger partial charge on any atom is 0.416 e. The Morgan fingerprint density at radius 2 is 1.52 bits per heavy atom. The van der Waals surface area contributed by atoms with E-state index in [0.29, 0.717) is 0 Å². The van der Waals surface area contributed by atoms with Crippen LogP contribution < -0.4 is 4.90 Å². The van der Waals surface area contributed by atoms with E-state index >= 15 is 0 Å². The molecule has 0 amide bonds. The third-order valence-corrected chi connectivity index (χ3v) is 5.32. The standard InChI is InChI=1S/C23H20F3N/c1-16-22-15-19(17-9-11-20(12-10-17)23(24,25)26)8-7-18(22)13-14-27(16)21-5-3-2-4-6-21/h2-12,15-16H,13-14H2,1H3. The summed E-state index contributed by atoms with van der Waals surface area (Å²) in [4.78, 5) is 2.37. The highest BCUT2D eigenvalue weighted by atomic mass is 19.4. The molecule has 0 fully saturated rings. The third kappa shape index (κ3) is 3.44. The smallest absolute Gasteiger partial charge is 0.364 e. The van der Waals surface area contributed by atoms with Crippen LogP contribution in [0, 0.1) is 0 Å². The Morgan fingerprint density at radius 3 is 2.19 bits per heavy atom. The molecule has 1 unspecified atom stereocenters. The zero-order valence-corrected chi connectivity index (χ0v) is 15.0. The van der Waals surface area contributed by atoms with E-state index in [9.17, 15) is 13.2 Å². The van der Waals surface area contributed by atoms with Crippen LogP contribution in [0.5, 0.6) is 0 Å². The molecule has 4 rings (SSSR count). The Balaban J connectivity index is 1.66.